The third kappa shape index (κ3) is 1.16. The summed E-state index contributed by atoms with van der Waals surface area (Å²) in [5, 5.41) is 7.71. The number of aromatic nitrogens is 3. The number of hydrogen-bond donors (Lipinski definition) is 0. The van der Waals surface area contributed by atoms with Crippen LogP contribution in [0.4, 0.5) is 0 Å². The summed E-state index contributed by atoms with van der Waals surface area (Å²) in [5.41, 5.74) is 0.511. The van der Waals surface area contributed by atoms with Crippen LogP contribution in [-0.4, -0.2) is 15.2 Å². The molecule has 12 heavy (non-hydrogen) atoms. The third-order valence-electron chi connectivity index (χ3n) is 1.32. The number of pyridine rings is 1. The minimum Gasteiger partial charge on any atom is -0.422 e. The molecule has 0 amide bonds. The van der Waals surface area contributed by atoms with Crippen molar-refractivity contribution in [1.29, 1.82) is 0 Å². The molecular formula is C7H4ClN3O. The maximum absolute atomic E-state index is 5.83. The van der Waals surface area contributed by atoms with Gasteiger partial charge in [-0.15, -0.1) is 10.2 Å². The second-order valence-corrected chi connectivity index (χ2v) is 2.48. The van der Waals surface area contributed by atoms with E-state index < -0.39 is 0 Å². The van der Waals surface area contributed by atoms with Crippen LogP contribution in [-0.2, 0) is 0 Å². The quantitative estimate of drug-likeness (QED) is 0.673. The van der Waals surface area contributed by atoms with Crippen LogP contribution in [0, 0.1) is 0 Å². The van der Waals surface area contributed by atoms with Gasteiger partial charge in [-0.3, -0.25) is 0 Å². The zero-order chi connectivity index (χ0) is 8.39. The molecule has 2 aromatic rings. The molecule has 2 rings (SSSR count). The average Bonchev–Trinajstić information content (AvgIpc) is 2.57. The summed E-state index contributed by atoms with van der Waals surface area (Å²) in [6.45, 7) is 0. The maximum Gasteiger partial charge on any atom is 0.267 e. The molecule has 0 aliphatic carbocycles. The van der Waals surface area contributed by atoms with E-state index >= 15 is 0 Å². The largest absolute Gasteiger partial charge is 0.422 e. The number of hydrogen-bond acceptors (Lipinski definition) is 4. The maximum atomic E-state index is 5.83. The molecule has 2 heterocycles. The van der Waals surface area contributed by atoms with E-state index in [0.29, 0.717) is 16.6 Å². The van der Waals surface area contributed by atoms with Gasteiger partial charge in [0.25, 0.3) is 5.89 Å². The zero-order valence-corrected chi connectivity index (χ0v) is 6.69. The van der Waals surface area contributed by atoms with Gasteiger partial charge in [-0.1, -0.05) is 11.6 Å². The average molecular weight is 182 g/mol. The van der Waals surface area contributed by atoms with Crippen LogP contribution in [0.5, 0.6) is 0 Å². The Kier molecular flexibility index (Phi) is 1.75. The molecule has 0 saturated heterocycles. The van der Waals surface area contributed by atoms with Crippen LogP contribution in [0.1, 0.15) is 0 Å². The van der Waals surface area contributed by atoms with Gasteiger partial charge in [0, 0.05) is 6.20 Å². The fourth-order valence-electron chi connectivity index (χ4n) is 0.819. The molecule has 0 aliphatic rings. The van der Waals surface area contributed by atoms with E-state index in [4.69, 9.17) is 16.0 Å². The van der Waals surface area contributed by atoms with Crippen molar-refractivity contribution in [3.8, 4) is 11.6 Å². The van der Waals surface area contributed by atoms with Gasteiger partial charge in [0.05, 0.1) is 5.02 Å². The van der Waals surface area contributed by atoms with E-state index in [1.807, 2.05) is 0 Å². The van der Waals surface area contributed by atoms with Crippen molar-refractivity contribution in [1.82, 2.24) is 15.2 Å². The highest BCUT2D eigenvalue weighted by atomic mass is 35.5. The van der Waals surface area contributed by atoms with E-state index in [1.165, 1.54) is 6.39 Å². The van der Waals surface area contributed by atoms with Crippen molar-refractivity contribution in [3.63, 3.8) is 0 Å². The second kappa shape index (κ2) is 2.91. The summed E-state index contributed by atoms with van der Waals surface area (Å²) in [4.78, 5) is 3.99. The SMILES string of the molecule is Clc1cccnc1-c1nnco1. The molecule has 60 valence electrons. The van der Waals surface area contributed by atoms with Crippen LogP contribution < -0.4 is 0 Å². The van der Waals surface area contributed by atoms with Crippen LogP contribution in [0.3, 0.4) is 0 Å². The van der Waals surface area contributed by atoms with E-state index in [2.05, 4.69) is 15.2 Å². The Bertz CT molecular complexity index is 374. The molecule has 0 N–H and O–H groups in total. The smallest absolute Gasteiger partial charge is 0.267 e. The van der Waals surface area contributed by atoms with Gasteiger partial charge in [0.2, 0.25) is 6.39 Å². The number of halogens is 1. The highest BCUT2D eigenvalue weighted by Gasteiger charge is 2.08. The van der Waals surface area contributed by atoms with Crippen LogP contribution in [0.2, 0.25) is 5.02 Å². The Morgan fingerprint density at radius 2 is 2.33 bits per heavy atom. The summed E-state index contributed by atoms with van der Waals surface area (Å²) in [6, 6.07) is 3.45. The van der Waals surface area contributed by atoms with Gasteiger partial charge in [-0.2, -0.15) is 0 Å². The highest BCUT2D eigenvalue weighted by Crippen LogP contribution is 2.22. The number of rotatable bonds is 1. The van der Waals surface area contributed by atoms with Crippen molar-refractivity contribution in [2.45, 2.75) is 0 Å². The molecule has 0 saturated carbocycles. The van der Waals surface area contributed by atoms with Crippen LogP contribution in [0.25, 0.3) is 11.6 Å². The lowest BCUT2D eigenvalue weighted by molar-refractivity contribution is 0.566. The molecule has 0 aromatic carbocycles. The zero-order valence-electron chi connectivity index (χ0n) is 5.94. The van der Waals surface area contributed by atoms with Gasteiger partial charge >= 0.3 is 0 Å². The second-order valence-electron chi connectivity index (χ2n) is 2.08. The van der Waals surface area contributed by atoms with Crippen LogP contribution >= 0.6 is 11.6 Å². The lowest BCUT2D eigenvalue weighted by Crippen LogP contribution is -1.83. The molecule has 4 nitrogen and oxygen atoms in total. The van der Waals surface area contributed by atoms with Gasteiger partial charge in [-0.25, -0.2) is 4.98 Å². The molecule has 0 bridgehead atoms. The fourth-order valence-corrected chi connectivity index (χ4v) is 1.02. The number of nitrogens with zero attached hydrogens (tertiary/aromatic N) is 3. The molecule has 5 heteroatoms. The minimum absolute atomic E-state index is 0.334. The Morgan fingerprint density at radius 1 is 1.42 bits per heavy atom. The fraction of sp³-hybridized carbons (Fsp3) is 0. The Balaban J connectivity index is 2.55. The molecular weight excluding hydrogens is 178 g/mol. The summed E-state index contributed by atoms with van der Waals surface area (Å²) in [6.07, 6.45) is 2.85. The van der Waals surface area contributed by atoms with Crippen LogP contribution in [0.15, 0.2) is 29.1 Å². The van der Waals surface area contributed by atoms with Gasteiger partial charge in [0.1, 0.15) is 5.69 Å². The van der Waals surface area contributed by atoms with Gasteiger partial charge in [0.15, 0.2) is 0 Å². The Labute approximate surface area is 73.2 Å². The summed E-state index contributed by atoms with van der Waals surface area (Å²) < 4.78 is 4.93. The third-order valence-corrected chi connectivity index (χ3v) is 1.63. The normalized spacial score (nSPS) is 10.1. The van der Waals surface area contributed by atoms with E-state index in [9.17, 15) is 0 Å². The molecule has 0 aliphatic heterocycles. The summed E-state index contributed by atoms with van der Waals surface area (Å²) in [7, 11) is 0. The first kappa shape index (κ1) is 7.24. The molecule has 0 spiro atoms. The minimum atomic E-state index is 0.334. The Morgan fingerprint density at radius 3 is 3.00 bits per heavy atom. The van der Waals surface area contributed by atoms with Crippen molar-refractivity contribution in [2.24, 2.45) is 0 Å². The summed E-state index contributed by atoms with van der Waals surface area (Å²) in [5.74, 6) is 0.334. The van der Waals surface area contributed by atoms with E-state index in [0.717, 1.165) is 0 Å². The lowest BCUT2D eigenvalue weighted by Gasteiger charge is -1.94. The predicted molar refractivity (Wildman–Crippen MR) is 42.5 cm³/mol. The van der Waals surface area contributed by atoms with Crippen molar-refractivity contribution < 1.29 is 4.42 Å². The van der Waals surface area contributed by atoms with E-state index in [1.54, 1.807) is 18.3 Å². The van der Waals surface area contributed by atoms with Gasteiger partial charge in [-0.05, 0) is 12.1 Å². The highest BCUT2D eigenvalue weighted by molar-refractivity contribution is 6.32. The Hall–Kier alpha value is -1.42. The first-order valence-corrected chi connectivity index (χ1v) is 3.63. The van der Waals surface area contributed by atoms with Crippen molar-refractivity contribution >= 4 is 11.6 Å². The van der Waals surface area contributed by atoms with Crippen molar-refractivity contribution in [2.75, 3.05) is 0 Å². The molecule has 0 fully saturated rings. The predicted octanol–water partition coefficient (Wildman–Crippen LogP) is 1.78. The van der Waals surface area contributed by atoms with E-state index in [-0.39, 0.29) is 0 Å². The molecule has 2 aromatic heterocycles. The monoisotopic (exact) mass is 181 g/mol. The molecule has 0 atom stereocenters. The first-order chi connectivity index (χ1) is 5.88. The summed E-state index contributed by atoms with van der Waals surface area (Å²) >= 11 is 5.83. The molecule has 0 radical (unpaired) electrons. The first-order valence-electron chi connectivity index (χ1n) is 3.25. The lowest BCUT2D eigenvalue weighted by atomic mass is 10.3. The topological polar surface area (TPSA) is 51.8 Å². The standard InChI is InChI=1S/C7H4ClN3O/c8-5-2-1-3-9-6(5)7-11-10-4-12-7/h1-4H. The van der Waals surface area contributed by atoms with Gasteiger partial charge < -0.3 is 4.42 Å². The molecule has 0 unspecified atom stereocenters. The van der Waals surface area contributed by atoms with Crippen molar-refractivity contribution in [3.05, 3.63) is 29.7 Å².